The van der Waals surface area contributed by atoms with Gasteiger partial charge in [-0.15, -0.1) is 0 Å². The van der Waals surface area contributed by atoms with Gasteiger partial charge in [0.1, 0.15) is 17.2 Å². The summed E-state index contributed by atoms with van der Waals surface area (Å²) < 4.78 is 28.0. The molecular weight excluding hydrogens is 340 g/mol. The van der Waals surface area contributed by atoms with Crippen molar-refractivity contribution in [1.29, 1.82) is 5.26 Å². The van der Waals surface area contributed by atoms with E-state index in [1.807, 2.05) is 18.7 Å². The molecule has 0 spiro atoms. The minimum absolute atomic E-state index is 0.0948. The molecule has 0 N–H and O–H groups in total. The van der Waals surface area contributed by atoms with Gasteiger partial charge < -0.3 is 0 Å². The molecule has 0 aliphatic carbocycles. The number of rotatable bonds is 3. The van der Waals surface area contributed by atoms with Gasteiger partial charge in [0.25, 0.3) is 0 Å². The predicted octanol–water partition coefficient (Wildman–Crippen LogP) is 3.15. The molecule has 1 saturated heterocycles. The summed E-state index contributed by atoms with van der Waals surface area (Å²) in [5.74, 6) is -1.05. The molecule has 0 atom stereocenters. The predicted molar refractivity (Wildman–Crippen MR) is 80.6 cm³/mol. The van der Waals surface area contributed by atoms with Gasteiger partial charge in [-0.2, -0.15) is 5.26 Å². The molecule has 1 fully saturated rings. The minimum Gasteiger partial charge on any atom is -0.296 e. The summed E-state index contributed by atoms with van der Waals surface area (Å²) >= 11 is 3.09. The molecule has 3 nitrogen and oxygen atoms in total. The summed E-state index contributed by atoms with van der Waals surface area (Å²) in [4.78, 5) is 4.11. The lowest BCUT2D eigenvalue weighted by Crippen LogP contribution is -2.53. The van der Waals surface area contributed by atoms with Crippen molar-refractivity contribution in [1.82, 2.24) is 9.80 Å². The molecule has 1 aliphatic rings. The summed E-state index contributed by atoms with van der Waals surface area (Å²) in [6.45, 7) is 6.84. The van der Waals surface area contributed by atoms with Crippen molar-refractivity contribution < 1.29 is 8.78 Å². The van der Waals surface area contributed by atoms with Crippen LogP contribution >= 0.6 is 15.9 Å². The maximum Gasteiger partial charge on any atom is 0.144 e. The first-order valence-electron chi connectivity index (χ1n) is 6.86. The molecule has 114 valence electrons. The third-order valence-electron chi connectivity index (χ3n) is 3.96. The number of halogens is 3. The molecule has 0 radical (unpaired) electrons. The molecule has 6 heteroatoms. The summed E-state index contributed by atoms with van der Waals surface area (Å²) in [7, 11) is 0. The van der Waals surface area contributed by atoms with Crippen molar-refractivity contribution in [3.63, 3.8) is 0 Å². The Morgan fingerprint density at radius 2 is 1.86 bits per heavy atom. The van der Waals surface area contributed by atoms with E-state index in [4.69, 9.17) is 5.26 Å². The van der Waals surface area contributed by atoms with Crippen LogP contribution in [0.25, 0.3) is 0 Å². The first-order chi connectivity index (χ1) is 9.85. The van der Waals surface area contributed by atoms with Gasteiger partial charge in [0.05, 0.1) is 10.5 Å². The Labute approximate surface area is 132 Å². The summed E-state index contributed by atoms with van der Waals surface area (Å²) in [5.41, 5.74) is -0.407. The zero-order valence-electron chi connectivity index (χ0n) is 12.2. The first-order valence-corrected chi connectivity index (χ1v) is 7.65. The van der Waals surface area contributed by atoms with Crippen LogP contribution in [0.4, 0.5) is 8.78 Å². The Morgan fingerprint density at radius 3 is 2.43 bits per heavy atom. The van der Waals surface area contributed by atoms with Gasteiger partial charge in [-0.3, -0.25) is 9.80 Å². The van der Waals surface area contributed by atoms with Crippen molar-refractivity contribution in [3.8, 4) is 6.07 Å². The fourth-order valence-electron chi connectivity index (χ4n) is 2.47. The molecule has 0 bridgehead atoms. The Hall–Kier alpha value is -1.03. The number of nitrogens with zero attached hydrogens (tertiary/aromatic N) is 3. The van der Waals surface area contributed by atoms with E-state index in [-0.39, 0.29) is 16.6 Å². The molecule has 1 aromatic rings. The van der Waals surface area contributed by atoms with Gasteiger partial charge in [0.2, 0.25) is 0 Å². The van der Waals surface area contributed by atoms with Crippen LogP contribution in [0.2, 0.25) is 0 Å². The van der Waals surface area contributed by atoms with Crippen molar-refractivity contribution in [2.24, 2.45) is 0 Å². The third kappa shape index (κ3) is 3.60. The standard InChI is InChI=1S/C15H18BrF2N3/c1-15(2,10-19)21-7-5-20(6-8-21)9-11-13(17)4-3-12(16)14(11)18/h3-4H,5-9H2,1-2H3. The summed E-state index contributed by atoms with van der Waals surface area (Å²) in [6, 6.07) is 4.93. The number of benzene rings is 1. The van der Waals surface area contributed by atoms with Gasteiger partial charge >= 0.3 is 0 Å². The second-order valence-corrected chi connectivity index (χ2v) is 6.61. The van der Waals surface area contributed by atoms with E-state index in [9.17, 15) is 8.78 Å². The normalized spacial score (nSPS) is 17.7. The molecule has 0 amide bonds. The lowest BCUT2D eigenvalue weighted by Gasteiger charge is -2.40. The van der Waals surface area contributed by atoms with Gasteiger partial charge in [-0.25, -0.2) is 8.78 Å². The fourth-order valence-corrected chi connectivity index (χ4v) is 2.84. The van der Waals surface area contributed by atoms with Crippen molar-refractivity contribution in [2.45, 2.75) is 25.9 Å². The van der Waals surface area contributed by atoms with Crippen LogP contribution < -0.4 is 0 Å². The van der Waals surface area contributed by atoms with Crippen LogP contribution in [0, 0.1) is 23.0 Å². The first kappa shape index (κ1) is 16.3. The second-order valence-electron chi connectivity index (χ2n) is 5.76. The Balaban J connectivity index is 2.02. The third-order valence-corrected chi connectivity index (χ3v) is 4.57. The highest BCUT2D eigenvalue weighted by Gasteiger charge is 2.30. The Kier molecular flexibility index (Phi) is 4.97. The number of hydrogen-bond donors (Lipinski definition) is 0. The van der Waals surface area contributed by atoms with Crippen molar-refractivity contribution in [2.75, 3.05) is 26.2 Å². The number of piperazine rings is 1. The molecule has 0 aromatic heterocycles. The van der Waals surface area contributed by atoms with E-state index in [2.05, 4.69) is 26.9 Å². The Morgan fingerprint density at radius 1 is 1.24 bits per heavy atom. The lowest BCUT2D eigenvalue weighted by atomic mass is 10.0. The zero-order chi connectivity index (χ0) is 15.6. The molecule has 1 aromatic carbocycles. The molecule has 1 aliphatic heterocycles. The summed E-state index contributed by atoms with van der Waals surface area (Å²) in [6.07, 6.45) is 0. The van der Waals surface area contributed by atoms with Gasteiger partial charge in [0.15, 0.2) is 0 Å². The van der Waals surface area contributed by atoms with Crippen LogP contribution in [-0.4, -0.2) is 41.5 Å². The molecule has 0 unspecified atom stereocenters. The molecule has 21 heavy (non-hydrogen) atoms. The van der Waals surface area contributed by atoms with E-state index in [0.29, 0.717) is 13.1 Å². The molecule has 0 saturated carbocycles. The van der Waals surface area contributed by atoms with E-state index in [0.717, 1.165) is 13.1 Å². The van der Waals surface area contributed by atoms with E-state index in [1.165, 1.54) is 12.1 Å². The zero-order valence-corrected chi connectivity index (χ0v) is 13.8. The molecular formula is C15H18BrF2N3. The van der Waals surface area contributed by atoms with Crippen LogP contribution in [0.3, 0.4) is 0 Å². The number of hydrogen-bond acceptors (Lipinski definition) is 3. The maximum absolute atomic E-state index is 14.0. The highest BCUT2D eigenvalue weighted by atomic mass is 79.9. The average Bonchev–Trinajstić information content (AvgIpc) is 2.48. The second kappa shape index (κ2) is 6.39. The highest BCUT2D eigenvalue weighted by molar-refractivity contribution is 9.10. The minimum atomic E-state index is -0.533. The highest BCUT2D eigenvalue weighted by Crippen LogP contribution is 2.24. The van der Waals surface area contributed by atoms with Crippen molar-refractivity contribution >= 4 is 15.9 Å². The molecule has 2 rings (SSSR count). The smallest absolute Gasteiger partial charge is 0.144 e. The van der Waals surface area contributed by atoms with E-state index < -0.39 is 17.2 Å². The number of nitriles is 1. The van der Waals surface area contributed by atoms with Gasteiger partial charge in [0, 0.05) is 38.3 Å². The van der Waals surface area contributed by atoms with Crippen LogP contribution in [0.15, 0.2) is 16.6 Å². The lowest BCUT2D eigenvalue weighted by molar-refractivity contribution is 0.0752. The van der Waals surface area contributed by atoms with Crippen molar-refractivity contribution in [3.05, 3.63) is 33.8 Å². The Bertz CT molecular complexity index is 561. The maximum atomic E-state index is 14.0. The van der Waals surface area contributed by atoms with Crippen LogP contribution in [0.5, 0.6) is 0 Å². The molecule has 1 heterocycles. The van der Waals surface area contributed by atoms with Crippen LogP contribution in [-0.2, 0) is 6.54 Å². The fraction of sp³-hybridized carbons (Fsp3) is 0.533. The largest absolute Gasteiger partial charge is 0.296 e. The SMILES string of the molecule is CC(C)(C#N)N1CCN(Cc2c(F)ccc(Br)c2F)CC1. The van der Waals surface area contributed by atoms with E-state index in [1.54, 1.807) is 0 Å². The average molecular weight is 358 g/mol. The quantitative estimate of drug-likeness (QED) is 0.778. The topological polar surface area (TPSA) is 30.3 Å². The van der Waals surface area contributed by atoms with Gasteiger partial charge in [-0.05, 0) is 41.9 Å². The van der Waals surface area contributed by atoms with E-state index >= 15 is 0 Å². The summed E-state index contributed by atoms with van der Waals surface area (Å²) in [5, 5.41) is 9.14. The van der Waals surface area contributed by atoms with Gasteiger partial charge in [-0.1, -0.05) is 0 Å². The van der Waals surface area contributed by atoms with Crippen LogP contribution in [0.1, 0.15) is 19.4 Å². The monoisotopic (exact) mass is 357 g/mol.